The fourth-order valence-corrected chi connectivity index (χ4v) is 3.14. The first-order valence-electron chi connectivity index (χ1n) is 8.09. The Hall–Kier alpha value is -1.76. The van der Waals surface area contributed by atoms with E-state index in [-0.39, 0.29) is 5.91 Å². The van der Waals surface area contributed by atoms with E-state index in [0.717, 1.165) is 5.82 Å². The molecule has 1 aliphatic heterocycles. The summed E-state index contributed by atoms with van der Waals surface area (Å²) >= 11 is 17.9. The van der Waals surface area contributed by atoms with Crippen LogP contribution in [0, 0.1) is 0 Å². The molecule has 1 saturated heterocycles. The molecule has 1 aliphatic rings. The highest BCUT2D eigenvalue weighted by molar-refractivity contribution is 6.42. The Labute approximate surface area is 166 Å². The number of piperazine rings is 1. The van der Waals surface area contributed by atoms with Crippen LogP contribution in [-0.4, -0.2) is 53.3 Å². The number of hydrogen-bond acceptors (Lipinski definition) is 5. The molecule has 2 heterocycles. The third-order valence-electron chi connectivity index (χ3n) is 4.10. The normalized spacial score (nSPS) is 15.7. The molecule has 9 heteroatoms. The van der Waals surface area contributed by atoms with E-state index in [2.05, 4.69) is 15.1 Å². The zero-order chi connectivity index (χ0) is 18.7. The first-order chi connectivity index (χ1) is 12.5. The number of nitrogens with zero attached hydrogens (tertiary/aromatic N) is 4. The van der Waals surface area contributed by atoms with Crippen molar-refractivity contribution in [2.45, 2.75) is 13.0 Å². The number of carbonyl (C=O) groups is 1. The van der Waals surface area contributed by atoms with Gasteiger partial charge in [0.05, 0.1) is 5.02 Å². The number of halogens is 3. The molecular formula is C17H17Cl3N4O2. The second-order valence-electron chi connectivity index (χ2n) is 5.84. The van der Waals surface area contributed by atoms with Crippen molar-refractivity contribution in [3.8, 4) is 5.75 Å². The number of benzene rings is 1. The van der Waals surface area contributed by atoms with Gasteiger partial charge in [-0.2, -0.15) is 0 Å². The predicted octanol–water partition coefficient (Wildman–Crippen LogP) is 3.55. The van der Waals surface area contributed by atoms with Gasteiger partial charge in [0.15, 0.2) is 17.1 Å². The molecule has 1 aromatic heterocycles. The molecule has 2 aromatic rings. The van der Waals surface area contributed by atoms with E-state index in [0.29, 0.717) is 47.1 Å². The third-order valence-corrected chi connectivity index (χ3v) is 5.10. The average molecular weight is 416 g/mol. The Bertz CT molecular complexity index is 780. The molecule has 0 saturated carbocycles. The summed E-state index contributed by atoms with van der Waals surface area (Å²) in [5.41, 5.74) is 0. The maximum Gasteiger partial charge on any atom is 0.263 e. The summed E-state index contributed by atoms with van der Waals surface area (Å²) in [4.78, 5) is 16.5. The second-order valence-corrected chi connectivity index (χ2v) is 7.01. The van der Waals surface area contributed by atoms with Crippen LogP contribution in [0.15, 0.2) is 30.3 Å². The number of ether oxygens (including phenoxy) is 1. The van der Waals surface area contributed by atoms with Gasteiger partial charge in [-0.25, -0.2) is 0 Å². The Morgan fingerprint density at radius 3 is 2.46 bits per heavy atom. The molecule has 1 fully saturated rings. The zero-order valence-electron chi connectivity index (χ0n) is 14.0. The van der Waals surface area contributed by atoms with Crippen LogP contribution >= 0.6 is 34.8 Å². The first-order valence-corrected chi connectivity index (χ1v) is 9.22. The highest BCUT2D eigenvalue weighted by Crippen LogP contribution is 2.32. The van der Waals surface area contributed by atoms with E-state index in [1.165, 1.54) is 0 Å². The van der Waals surface area contributed by atoms with Gasteiger partial charge in [-0.05, 0) is 31.2 Å². The van der Waals surface area contributed by atoms with Gasteiger partial charge in [-0.3, -0.25) is 4.79 Å². The van der Waals surface area contributed by atoms with E-state index in [4.69, 9.17) is 39.5 Å². The summed E-state index contributed by atoms with van der Waals surface area (Å²) < 4.78 is 5.71. The van der Waals surface area contributed by atoms with Crippen LogP contribution in [-0.2, 0) is 4.79 Å². The summed E-state index contributed by atoms with van der Waals surface area (Å²) in [7, 11) is 0. The molecule has 138 valence electrons. The molecule has 1 amide bonds. The molecule has 0 N–H and O–H groups in total. The monoisotopic (exact) mass is 414 g/mol. The molecule has 1 atom stereocenters. The second kappa shape index (κ2) is 8.29. The minimum absolute atomic E-state index is 0.0946. The Morgan fingerprint density at radius 1 is 1.08 bits per heavy atom. The minimum Gasteiger partial charge on any atom is -0.479 e. The smallest absolute Gasteiger partial charge is 0.263 e. The van der Waals surface area contributed by atoms with Gasteiger partial charge in [0.1, 0.15) is 10.8 Å². The van der Waals surface area contributed by atoms with Gasteiger partial charge in [-0.1, -0.05) is 40.9 Å². The predicted molar refractivity (Wildman–Crippen MR) is 102 cm³/mol. The number of carbonyl (C=O) groups excluding carboxylic acids is 1. The van der Waals surface area contributed by atoms with Crippen LogP contribution < -0.4 is 9.64 Å². The molecule has 1 aromatic carbocycles. The van der Waals surface area contributed by atoms with Crippen LogP contribution in [0.2, 0.25) is 15.2 Å². The summed E-state index contributed by atoms with van der Waals surface area (Å²) in [5.74, 6) is 1.05. The van der Waals surface area contributed by atoms with E-state index in [1.807, 2.05) is 6.07 Å². The van der Waals surface area contributed by atoms with E-state index in [1.54, 1.807) is 36.1 Å². The van der Waals surface area contributed by atoms with Crippen LogP contribution in [0.4, 0.5) is 5.82 Å². The molecule has 26 heavy (non-hydrogen) atoms. The largest absolute Gasteiger partial charge is 0.479 e. The molecular weight excluding hydrogens is 399 g/mol. The Kier molecular flexibility index (Phi) is 6.06. The fourth-order valence-electron chi connectivity index (χ4n) is 2.71. The van der Waals surface area contributed by atoms with E-state index < -0.39 is 6.10 Å². The lowest BCUT2D eigenvalue weighted by Crippen LogP contribution is -2.52. The molecule has 0 aliphatic carbocycles. The SMILES string of the molecule is C[C@H](Oc1cccc(Cl)c1Cl)C(=O)N1CCN(c2ccc(Cl)nn2)CC1. The fraction of sp³-hybridized carbons (Fsp3) is 0.353. The summed E-state index contributed by atoms with van der Waals surface area (Å²) in [5, 5.41) is 8.97. The lowest BCUT2D eigenvalue weighted by atomic mass is 10.2. The number of amides is 1. The Balaban J connectivity index is 1.57. The van der Waals surface area contributed by atoms with Crippen molar-refractivity contribution in [3.05, 3.63) is 45.5 Å². The van der Waals surface area contributed by atoms with Gasteiger partial charge < -0.3 is 14.5 Å². The topological polar surface area (TPSA) is 58.6 Å². The summed E-state index contributed by atoms with van der Waals surface area (Å²) in [6, 6.07) is 8.61. The number of hydrogen-bond donors (Lipinski definition) is 0. The molecule has 0 unspecified atom stereocenters. The lowest BCUT2D eigenvalue weighted by molar-refractivity contribution is -0.138. The maximum atomic E-state index is 12.6. The van der Waals surface area contributed by atoms with Gasteiger partial charge in [-0.15, -0.1) is 10.2 Å². The van der Waals surface area contributed by atoms with Crippen molar-refractivity contribution in [1.29, 1.82) is 0 Å². The van der Waals surface area contributed by atoms with Crippen LogP contribution in [0.5, 0.6) is 5.75 Å². The molecule has 0 bridgehead atoms. The first kappa shape index (κ1) is 19.0. The van der Waals surface area contributed by atoms with Crippen LogP contribution in [0.1, 0.15) is 6.92 Å². The summed E-state index contributed by atoms with van der Waals surface area (Å²) in [6.07, 6.45) is -0.659. The standard InChI is InChI=1S/C17H17Cl3N4O2/c1-11(26-13-4-2-3-12(18)16(13)20)17(25)24-9-7-23(8-10-24)15-6-5-14(19)21-22-15/h2-6,11H,7-10H2,1H3/t11-/m0/s1. The van der Waals surface area contributed by atoms with Crippen molar-refractivity contribution in [1.82, 2.24) is 15.1 Å². The zero-order valence-corrected chi connectivity index (χ0v) is 16.3. The average Bonchev–Trinajstić information content (AvgIpc) is 2.65. The van der Waals surface area contributed by atoms with Crippen molar-refractivity contribution in [2.24, 2.45) is 0 Å². The summed E-state index contributed by atoms with van der Waals surface area (Å²) in [6.45, 7) is 4.16. The molecule has 3 rings (SSSR count). The van der Waals surface area contributed by atoms with Gasteiger partial charge in [0.2, 0.25) is 0 Å². The number of anilines is 1. The highest BCUT2D eigenvalue weighted by Gasteiger charge is 2.27. The third kappa shape index (κ3) is 4.31. The number of aromatic nitrogens is 2. The molecule has 0 radical (unpaired) electrons. The van der Waals surface area contributed by atoms with Crippen molar-refractivity contribution < 1.29 is 9.53 Å². The van der Waals surface area contributed by atoms with E-state index >= 15 is 0 Å². The lowest BCUT2D eigenvalue weighted by Gasteiger charge is -2.36. The molecule has 0 spiro atoms. The minimum atomic E-state index is -0.659. The van der Waals surface area contributed by atoms with Gasteiger partial charge in [0, 0.05) is 26.2 Å². The maximum absolute atomic E-state index is 12.6. The van der Waals surface area contributed by atoms with E-state index in [9.17, 15) is 4.79 Å². The van der Waals surface area contributed by atoms with Crippen molar-refractivity contribution in [2.75, 3.05) is 31.1 Å². The van der Waals surface area contributed by atoms with Gasteiger partial charge >= 0.3 is 0 Å². The van der Waals surface area contributed by atoms with Crippen molar-refractivity contribution >= 4 is 46.5 Å². The highest BCUT2D eigenvalue weighted by atomic mass is 35.5. The van der Waals surface area contributed by atoms with Crippen LogP contribution in [0.25, 0.3) is 0 Å². The van der Waals surface area contributed by atoms with Crippen LogP contribution in [0.3, 0.4) is 0 Å². The quantitative estimate of drug-likeness (QED) is 0.764. The number of rotatable bonds is 4. The Morgan fingerprint density at radius 2 is 1.81 bits per heavy atom. The van der Waals surface area contributed by atoms with Crippen molar-refractivity contribution in [3.63, 3.8) is 0 Å². The van der Waals surface area contributed by atoms with Gasteiger partial charge in [0.25, 0.3) is 5.91 Å². The molecule has 6 nitrogen and oxygen atoms in total.